The van der Waals surface area contributed by atoms with E-state index in [0.717, 1.165) is 0 Å². The van der Waals surface area contributed by atoms with Crippen LogP contribution < -0.4 is 20.3 Å². The third-order valence-electron chi connectivity index (χ3n) is 2.98. The van der Waals surface area contributed by atoms with E-state index in [2.05, 4.69) is 26.2 Å². The molecule has 1 aromatic heterocycles. The highest BCUT2D eigenvalue weighted by atomic mass is 79.9. The van der Waals surface area contributed by atoms with Crippen LogP contribution in [0.25, 0.3) is 6.08 Å². The quantitative estimate of drug-likeness (QED) is 0.619. The van der Waals surface area contributed by atoms with Crippen LogP contribution in [0.2, 0.25) is 0 Å². The summed E-state index contributed by atoms with van der Waals surface area (Å²) in [5.74, 6) is 0.828. The van der Waals surface area contributed by atoms with E-state index in [1.807, 2.05) is 0 Å². The van der Waals surface area contributed by atoms with Crippen LogP contribution in [0.5, 0.6) is 11.5 Å². The van der Waals surface area contributed by atoms with E-state index in [9.17, 15) is 9.59 Å². The summed E-state index contributed by atoms with van der Waals surface area (Å²) in [5, 5.41) is 2.51. The molecule has 6 nitrogen and oxygen atoms in total. The van der Waals surface area contributed by atoms with Crippen molar-refractivity contribution in [1.82, 2.24) is 4.98 Å². The maximum Gasteiger partial charge on any atom is 0.272 e. The molecule has 0 spiro atoms. The zero-order chi connectivity index (χ0) is 16.8. The van der Waals surface area contributed by atoms with E-state index < -0.39 is 5.91 Å². The van der Waals surface area contributed by atoms with Gasteiger partial charge < -0.3 is 19.8 Å². The predicted octanol–water partition coefficient (Wildman–Crippen LogP) is 2.81. The number of hydrogen-bond donors (Lipinski definition) is 2. The molecule has 2 N–H and O–H groups in total. The first kappa shape index (κ1) is 16.8. The summed E-state index contributed by atoms with van der Waals surface area (Å²) in [5.41, 5.74) is 0.465. The van der Waals surface area contributed by atoms with E-state index >= 15 is 0 Å². The fraction of sp³-hybridized carbons (Fsp3) is 0.125. The minimum absolute atomic E-state index is 0.167. The molecule has 1 aromatic carbocycles. The lowest BCUT2D eigenvalue weighted by Gasteiger charge is -2.07. The Morgan fingerprint density at radius 2 is 2.00 bits per heavy atom. The van der Waals surface area contributed by atoms with Crippen molar-refractivity contribution in [2.45, 2.75) is 0 Å². The molecule has 120 valence electrons. The lowest BCUT2D eigenvalue weighted by Crippen LogP contribution is -2.17. The predicted molar refractivity (Wildman–Crippen MR) is 92.0 cm³/mol. The van der Waals surface area contributed by atoms with Crippen LogP contribution in [0.15, 0.2) is 45.8 Å². The SMILES string of the molecule is COc1ccc(OC)c(/C=C/C(=O)Nc2ccc(Br)[nH]c2=O)c1. The van der Waals surface area contributed by atoms with Crippen LogP contribution in [-0.4, -0.2) is 25.1 Å². The van der Waals surface area contributed by atoms with E-state index in [-0.39, 0.29) is 11.2 Å². The van der Waals surface area contributed by atoms with Gasteiger partial charge >= 0.3 is 0 Å². The number of carbonyl (C=O) groups is 1. The minimum atomic E-state index is -0.428. The first-order valence-corrected chi connectivity index (χ1v) is 7.42. The molecule has 2 rings (SSSR count). The molecule has 0 unspecified atom stereocenters. The lowest BCUT2D eigenvalue weighted by molar-refractivity contribution is -0.111. The Bertz CT molecular complexity index is 799. The molecule has 23 heavy (non-hydrogen) atoms. The number of amides is 1. The highest BCUT2D eigenvalue weighted by Gasteiger charge is 2.05. The van der Waals surface area contributed by atoms with Gasteiger partial charge in [-0.1, -0.05) is 0 Å². The lowest BCUT2D eigenvalue weighted by atomic mass is 10.1. The Kier molecular flexibility index (Phi) is 5.59. The highest BCUT2D eigenvalue weighted by Crippen LogP contribution is 2.25. The zero-order valence-electron chi connectivity index (χ0n) is 12.6. The molecule has 2 aromatic rings. The molecule has 1 amide bonds. The van der Waals surface area contributed by atoms with Crippen molar-refractivity contribution < 1.29 is 14.3 Å². The Morgan fingerprint density at radius 1 is 1.22 bits per heavy atom. The van der Waals surface area contributed by atoms with Crippen molar-refractivity contribution in [2.75, 3.05) is 19.5 Å². The number of hydrogen-bond acceptors (Lipinski definition) is 4. The third kappa shape index (κ3) is 4.46. The number of pyridine rings is 1. The van der Waals surface area contributed by atoms with Gasteiger partial charge in [0.25, 0.3) is 5.56 Å². The van der Waals surface area contributed by atoms with Gasteiger partial charge in [0.2, 0.25) is 5.91 Å². The number of ether oxygens (including phenoxy) is 2. The normalized spacial score (nSPS) is 10.6. The van der Waals surface area contributed by atoms with Gasteiger partial charge in [-0.2, -0.15) is 0 Å². The molecule has 0 fully saturated rings. The summed E-state index contributed by atoms with van der Waals surface area (Å²) in [7, 11) is 3.10. The smallest absolute Gasteiger partial charge is 0.272 e. The summed E-state index contributed by atoms with van der Waals surface area (Å²) in [4.78, 5) is 26.2. The summed E-state index contributed by atoms with van der Waals surface area (Å²) >= 11 is 3.15. The molecular weight excluding hydrogens is 364 g/mol. The first-order chi connectivity index (χ1) is 11.0. The largest absolute Gasteiger partial charge is 0.497 e. The Hall–Kier alpha value is -2.54. The molecule has 0 bridgehead atoms. The van der Waals surface area contributed by atoms with E-state index in [1.54, 1.807) is 44.6 Å². The number of anilines is 1. The van der Waals surface area contributed by atoms with Crippen molar-refractivity contribution >= 4 is 33.6 Å². The van der Waals surface area contributed by atoms with Gasteiger partial charge in [0, 0.05) is 11.6 Å². The summed E-state index contributed by atoms with van der Waals surface area (Å²) < 4.78 is 10.9. The zero-order valence-corrected chi connectivity index (χ0v) is 14.1. The third-order valence-corrected chi connectivity index (χ3v) is 3.45. The van der Waals surface area contributed by atoms with E-state index in [1.165, 1.54) is 12.1 Å². The summed E-state index contributed by atoms with van der Waals surface area (Å²) in [6.45, 7) is 0. The maximum atomic E-state index is 11.9. The molecular formula is C16H15BrN2O4. The molecule has 0 aliphatic carbocycles. The van der Waals surface area contributed by atoms with E-state index in [0.29, 0.717) is 21.7 Å². The Morgan fingerprint density at radius 3 is 2.65 bits per heavy atom. The number of carbonyl (C=O) groups excluding carboxylic acids is 1. The molecule has 0 aliphatic rings. The Balaban J connectivity index is 2.16. The van der Waals surface area contributed by atoms with Crippen molar-refractivity contribution in [3.8, 4) is 11.5 Å². The summed E-state index contributed by atoms with van der Waals surface area (Å²) in [6.07, 6.45) is 2.91. The van der Waals surface area contributed by atoms with Crippen LogP contribution in [0.1, 0.15) is 5.56 Å². The second-order valence-corrected chi connectivity index (χ2v) is 5.33. The average molecular weight is 379 g/mol. The highest BCUT2D eigenvalue weighted by molar-refractivity contribution is 9.10. The average Bonchev–Trinajstić information content (AvgIpc) is 2.55. The molecule has 0 radical (unpaired) electrons. The van der Waals surface area contributed by atoms with Crippen LogP contribution in [0.3, 0.4) is 0 Å². The van der Waals surface area contributed by atoms with Gasteiger partial charge in [0.05, 0.1) is 18.8 Å². The van der Waals surface area contributed by atoms with Crippen LogP contribution in [0, 0.1) is 0 Å². The van der Waals surface area contributed by atoms with Crippen LogP contribution in [0.4, 0.5) is 5.69 Å². The number of rotatable bonds is 5. The fourth-order valence-electron chi connectivity index (χ4n) is 1.86. The van der Waals surface area contributed by atoms with Crippen LogP contribution >= 0.6 is 15.9 Å². The van der Waals surface area contributed by atoms with Gasteiger partial charge in [0.1, 0.15) is 17.2 Å². The topological polar surface area (TPSA) is 80.4 Å². The van der Waals surface area contributed by atoms with Gasteiger partial charge in [0.15, 0.2) is 0 Å². The summed E-state index contributed by atoms with van der Waals surface area (Å²) in [6, 6.07) is 8.40. The monoisotopic (exact) mass is 378 g/mol. The number of halogens is 1. The first-order valence-electron chi connectivity index (χ1n) is 6.63. The van der Waals surface area contributed by atoms with Crippen molar-refractivity contribution in [3.05, 3.63) is 56.9 Å². The van der Waals surface area contributed by atoms with Crippen LogP contribution in [-0.2, 0) is 4.79 Å². The molecule has 0 atom stereocenters. The molecule has 0 aliphatic heterocycles. The van der Waals surface area contributed by atoms with Gasteiger partial charge in [-0.15, -0.1) is 0 Å². The standard InChI is InChI=1S/C16H15BrN2O4/c1-22-11-4-6-13(23-2)10(9-11)3-8-15(20)18-12-5-7-14(17)19-16(12)21/h3-9H,1-2H3,(H,18,20)(H,19,21)/b8-3+. The number of H-pyrrole nitrogens is 1. The number of nitrogens with one attached hydrogen (secondary N) is 2. The number of aromatic nitrogens is 1. The minimum Gasteiger partial charge on any atom is -0.497 e. The number of benzene rings is 1. The van der Waals surface area contributed by atoms with Crippen molar-refractivity contribution in [3.63, 3.8) is 0 Å². The second kappa shape index (κ2) is 7.64. The molecule has 7 heteroatoms. The number of methoxy groups -OCH3 is 2. The molecule has 0 saturated carbocycles. The van der Waals surface area contributed by atoms with Gasteiger partial charge in [-0.3, -0.25) is 9.59 Å². The van der Waals surface area contributed by atoms with E-state index in [4.69, 9.17) is 9.47 Å². The molecule has 0 saturated heterocycles. The van der Waals surface area contributed by atoms with Gasteiger partial charge in [-0.05, 0) is 52.3 Å². The second-order valence-electron chi connectivity index (χ2n) is 4.48. The fourth-order valence-corrected chi connectivity index (χ4v) is 2.17. The van der Waals surface area contributed by atoms with Crippen molar-refractivity contribution in [1.29, 1.82) is 0 Å². The maximum absolute atomic E-state index is 11.9. The Labute approximate surface area is 141 Å². The van der Waals surface area contributed by atoms with Gasteiger partial charge in [-0.25, -0.2) is 0 Å². The number of aromatic amines is 1. The van der Waals surface area contributed by atoms with Crippen molar-refractivity contribution in [2.24, 2.45) is 0 Å². The molecule has 1 heterocycles.